The van der Waals surface area contributed by atoms with Crippen molar-refractivity contribution in [2.45, 2.75) is 19.3 Å². The van der Waals surface area contributed by atoms with Gasteiger partial charge in [-0.3, -0.25) is 0 Å². The fraction of sp³-hybridized carbons (Fsp3) is 0.571. The van der Waals surface area contributed by atoms with E-state index in [9.17, 15) is 0 Å². The smallest absolute Gasteiger partial charge is 0.0883 e. The van der Waals surface area contributed by atoms with Crippen LogP contribution >= 0.6 is 0 Å². The van der Waals surface area contributed by atoms with E-state index in [-0.39, 0.29) is 5.92 Å². The lowest BCUT2D eigenvalue weighted by Gasteiger charge is -2.10. The molecule has 2 heteroatoms. The highest BCUT2D eigenvalue weighted by Crippen LogP contribution is 2.20. The molecule has 0 saturated heterocycles. The summed E-state index contributed by atoms with van der Waals surface area (Å²) in [6.45, 7) is 0. The predicted octanol–water partition coefficient (Wildman–Crippen LogP) is 1.75. The second kappa shape index (κ2) is 2.54. The van der Waals surface area contributed by atoms with Gasteiger partial charge < -0.3 is 5.11 Å². The first kappa shape index (κ1) is 6.15. The van der Waals surface area contributed by atoms with Crippen molar-refractivity contribution in [3.05, 3.63) is 11.8 Å². The zero-order valence-corrected chi connectivity index (χ0v) is 5.17. The van der Waals surface area contributed by atoms with Gasteiger partial charge in [-0.25, -0.2) is 0 Å². The molecule has 1 aliphatic carbocycles. The molecule has 9 heavy (non-hydrogen) atoms. The molecule has 1 aliphatic rings. The number of rotatable bonds is 0. The average molecular weight is 123 g/mol. The zero-order valence-electron chi connectivity index (χ0n) is 5.17. The topological polar surface area (TPSA) is 44.0 Å². The maximum atomic E-state index is 8.87. The predicted molar refractivity (Wildman–Crippen MR) is 33.7 cm³/mol. The lowest BCUT2D eigenvalue weighted by atomic mass is 9.95. The van der Waals surface area contributed by atoms with E-state index in [2.05, 4.69) is 6.07 Å². The minimum Gasteiger partial charge on any atom is -0.513 e. The molecule has 0 aromatic rings. The van der Waals surface area contributed by atoms with Gasteiger partial charge in [-0.15, -0.1) is 0 Å². The maximum Gasteiger partial charge on any atom is 0.0883 e. The fourth-order valence-corrected chi connectivity index (χ4v) is 0.938. The second-order valence-electron chi connectivity index (χ2n) is 2.30. The van der Waals surface area contributed by atoms with Crippen molar-refractivity contribution >= 4 is 0 Å². The van der Waals surface area contributed by atoms with Crippen molar-refractivity contribution < 1.29 is 5.11 Å². The number of aliphatic hydroxyl groups excluding tert-OH is 1. The standard InChI is InChI=1S/C7H9NO/c8-5-6-1-3-7(9)4-2-6/h3,6,9H,1-2,4H2. The molecule has 1 unspecified atom stereocenters. The van der Waals surface area contributed by atoms with Crippen LogP contribution in [-0.4, -0.2) is 5.11 Å². The lowest BCUT2D eigenvalue weighted by Crippen LogP contribution is -2.02. The summed E-state index contributed by atoms with van der Waals surface area (Å²) in [5.74, 6) is 0.586. The monoisotopic (exact) mass is 123 g/mol. The Kier molecular flexibility index (Phi) is 1.74. The Hall–Kier alpha value is -0.970. The SMILES string of the molecule is N#CC1CC=C(O)CC1. The summed E-state index contributed by atoms with van der Waals surface area (Å²) >= 11 is 0. The van der Waals surface area contributed by atoms with Crippen LogP contribution in [-0.2, 0) is 0 Å². The first-order valence-electron chi connectivity index (χ1n) is 3.10. The van der Waals surface area contributed by atoms with Gasteiger partial charge in [0.15, 0.2) is 0 Å². The van der Waals surface area contributed by atoms with Gasteiger partial charge >= 0.3 is 0 Å². The lowest BCUT2D eigenvalue weighted by molar-refractivity contribution is 0.355. The number of hydrogen-bond acceptors (Lipinski definition) is 2. The molecule has 2 nitrogen and oxygen atoms in total. The molecule has 0 aromatic heterocycles. The van der Waals surface area contributed by atoms with Crippen molar-refractivity contribution in [1.82, 2.24) is 0 Å². The average Bonchev–Trinajstić information content (AvgIpc) is 1.90. The van der Waals surface area contributed by atoms with E-state index in [1.165, 1.54) is 0 Å². The zero-order chi connectivity index (χ0) is 6.69. The summed E-state index contributed by atoms with van der Waals surface area (Å²) in [6, 6.07) is 2.17. The molecule has 0 radical (unpaired) electrons. The third-order valence-corrected chi connectivity index (χ3v) is 1.57. The summed E-state index contributed by atoms with van der Waals surface area (Å²) in [7, 11) is 0. The molecule has 0 spiro atoms. The van der Waals surface area contributed by atoms with E-state index in [0.29, 0.717) is 12.2 Å². The molecular formula is C7H9NO. The Balaban J connectivity index is 2.48. The third-order valence-electron chi connectivity index (χ3n) is 1.57. The first-order chi connectivity index (χ1) is 4.33. The van der Waals surface area contributed by atoms with Crippen LogP contribution in [0.5, 0.6) is 0 Å². The maximum absolute atomic E-state index is 8.87. The summed E-state index contributed by atoms with van der Waals surface area (Å²) in [4.78, 5) is 0. The molecular weight excluding hydrogens is 114 g/mol. The van der Waals surface area contributed by atoms with Crippen LogP contribution in [0.15, 0.2) is 11.8 Å². The van der Waals surface area contributed by atoms with Gasteiger partial charge in [0.25, 0.3) is 0 Å². The van der Waals surface area contributed by atoms with Gasteiger partial charge in [-0.1, -0.05) is 0 Å². The van der Waals surface area contributed by atoms with Gasteiger partial charge in [-0.2, -0.15) is 5.26 Å². The molecule has 48 valence electrons. The number of nitriles is 1. The Morgan fingerprint density at radius 2 is 2.56 bits per heavy atom. The summed E-state index contributed by atoms with van der Waals surface area (Å²) in [5, 5.41) is 17.3. The number of allylic oxidation sites excluding steroid dienone is 2. The van der Waals surface area contributed by atoms with Crippen LogP contribution in [0.25, 0.3) is 0 Å². The molecule has 0 aliphatic heterocycles. The van der Waals surface area contributed by atoms with Crippen LogP contribution in [0.3, 0.4) is 0 Å². The third kappa shape index (κ3) is 1.46. The number of nitrogens with zero attached hydrogens (tertiary/aromatic N) is 1. The van der Waals surface area contributed by atoms with Crippen molar-refractivity contribution in [2.24, 2.45) is 5.92 Å². The van der Waals surface area contributed by atoms with Crippen LogP contribution in [0.1, 0.15) is 19.3 Å². The highest BCUT2D eigenvalue weighted by molar-refractivity contribution is 5.02. The molecule has 0 saturated carbocycles. The molecule has 0 fully saturated rings. The summed E-state index contributed by atoms with van der Waals surface area (Å²) in [6.07, 6.45) is 3.96. The Morgan fingerprint density at radius 3 is 3.00 bits per heavy atom. The largest absolute Gasteiger partial charge is 0.513 e. The van der Waals surface area contributed by atoms with Crippen molar-refractivity contribution in [3.8, 4) is 6.07 Å². The van der Waals surface area contributed by atoms with Gasteiger partial charge in [0.05, 0.1) is 17.7 Å². The Labute approximate surface area is 54.4 Å². The quantitative estimate of drug-likeness (QED) is 0.533. The highest BCUT2D eigenvalue weighted by Gasteiger charge is 2.11. The normalized spacial score (nSPS) is 26.6. The minimum atomic E-state index is 0.140. The van der Waals surface area contributed by atoms with Gasteiger partial charge in [0.1, 0.15) is 0 Å². The highest BCUT2D eigenvalue weighted by atomic mass is 16.3. The van der Waals surface area contributed by atoms with Crippen molar-refractivity contribution in [2.75, 3.05) is 0 Å². The molecule has 1 N–H and O–H groups in total. The number of hydrogen-bond donors (Lipinski definition) is 1. The Morgan fingerprint density at radius 1 is 1.78 bits per heavy atom. The van der Waals surface area contributed by atoms with Crippen LogP contribution < -0.4 is 0 Å². The molecule has 0 aromatic carbocycles. The van der Waals surface area contributed by atoms with E-state index in [0.717, 1.165) is 12.8 Å². The summed E-state index contributed by atoms with van der Waals surface area (Å²) < 4.78 is 0. The van der Waals surface area contributed by atoms with Gasteiger partial charge in [0, 0.05) is 6.42 Å². The minimum absolute atomic E-state index is 0.140. The molecule has 0 heterocycles. The van der Waals surface area contributed by atoms with Crippen LogP contribution in [0.4, 0.5) is 0 Å². The second-order valence-corrected chi connectivity index (χ2v) is 2.30. The summed E-state index contributed by atoms with van der Waals surface area (Å²) in [5.41, 5.74) is 0. The van der Waals surface area contributed by atoms with E-state index in [4.69, 9.17) is 10.4 Å². The molecule has 1 rings (SSSR count). The van der Waals surface area contributed by atoms with Crippen molar-refractivity contribution in [1.29, 1.82) is 5.26 Å². The first-order valence-corrected chi connectivity index (χ1v) is 3.10. The van der Waals surface area contributed by atoms with Crippen LogP contribution in [0, 0.1) is 17.2 Å². The Bertz CT molecular complexity index is 166. The van der Waals surface area contributed by atoms with Crippen LogP contribution in [0.2, 0.25) is 0 Å². The fourth-order valence-electron chi connectivity index (χ4n) is 0.938. The molecule has 1 atom stereocenters. The van der Waals surface area contributed by atoms with Crippen molar-refractivity contribution in [3.63, 3.8) is 0 Å². The van der Waals surface area contributed by atoms with E-state index < -0.39 is 0 Å². The molecule has 0 amide bonds. The molecule has 0 bridgehead atoms. The van der Waals surface area contributed by atoms with Gasteiger partial charge in [-0.05, 0) is 18.9 Å². The number of aliphatic hydroxyl groups is 1. The van der Waals surface area contributed by atoms with E-state index in [1.807, 2.05) is 0 Å². The van der Waals surface area contributed by atoms with Gasteiger partial charge in [0.2, 0.25) is 0 Å². The van der Waals surface area contributed by atoms with E-state index in [1.54, 1.807) is 6.08 Å². The van der Waals surface area contributed by atoms with E-state index >= 15 is 0 Å².